The normalized spacial score (nSPS) is 17.5. The first-order valence-electron chi connectivity index (χ1n) is 14.8. The molecule has 0 unspecified atom stereocenters. The van der Waals surface area contributed by atoms with Gasteiger partial charge in [-0.25, -0.2) is 4.98 Å². The minimum absolute atomic E-state index is 0.0953. The molecule has 0 radical (unpaired) electrons. The average Bonchev–Trinajstić information content (AvgIpc) is 3.66. The molecule has 11 heteroatoms. The summed E-state index contributed by atoms with van der Waals surface area (Å²) in [5.41, 5.74) is 4.50. The molecule has 1 amide bonds. The van der Waals surface area contributed by atoms with E-state index in [1.54, 1.807) is 0 Å². The Balaban J connectivity index is 1.12. The van der Waals surface area contributed by atoms with Crippen molar-refractivity contribution in [3.8, 4) is 11.5 Å². The van der Waals surface area contributed by atoms with Crippen molar-refractivity contribution in [1.82, 2.24) is 24.4 Å². The van der Waals surface area contributed by atoms with E-state index in [0.717, 1.165) is 85.6 Å². The number of imidazole rings is 1. The lowest BCUT2D eigenvalue weighted by molar-refractivity contribution is -0.114. The number of nitrogens with zero attached hydrogens (tertiary/aromatic N) is 6. The fourth-order valence-corrected chi connectivity index (χ4v) is 6.14. The van der Waals surface area contributed by atoms with Crippen molar-refractivity contribution in [2.75, 3.05) is 48.5 Å². The van der Waals surface area contributed by atoms with Gasteiger partial charge in [0.05, 0.1) is 6.33 Å². The molecule has 0 atom stereocenters. The number of nitrogens with one attached hydrogen (secondary N) is 2. The Morgan fingerprint density at radius 2 is 1.69 bits per heavy atom. The Kier molecular flexibility index (Phi) is 7.25. The maximum Gasteiger partial charge on any atom is 0.231 e. The first-order valence-corrected chi connectivity index (χ1v) is 14.8. The highest BCUT2D eigenvalue weighted by molar-refractivity contribution is 5.89. The zero-order valence-electron chi connectivity index (χ0n) is 23.9. The van der Waals surface area contributed by atoms with Crippen LogP contribution in [-0.2, 0) is 11.3 Å². The number of anilines is 4. The number of piperazine rings is 1. The molecule has 2 fully saturated rings. The number of aromatic nitrogens is 4. The first-order chi connectivity index (χ1) is 20.6. The van der Waals surface area contributed by atoms with Crippen LogP contribution in [0.15, 0.2) is 48.8 Å². The predicted molar refractivity (Wildman–Crippen MR) is 162 cm³/mol. The average molecular weight is 569 g/mol. The van der Waals surface area contributed by atoms with Gasteiger partial charge < -0.3 is 29.6 Å². The summed E-state index contributed by atoms with van der Waals surface area (Å²) in [5.74, 6) is 2.96. The van der Waals surface area contributed by atoms with Gasteiger partial charge in [-0.2, -0.15) is 9.97 Å². The van der Waals surface area contributed by atoms with E-state index in [1.807, 2.05) is 36.7 Å². The number of carbonyl (C=O) groups excluding carboxylic acids is 1. The summed E-state index contributed by atoms with van der Waals surface area (Å²) >= 11 is 0. The Morgan fingerprint density at radius 3 is 2.48 bits per heavy atom. The van der Waals surface area contributed by atoms with E-state index >= 15 is 0 Å². The highest BCUT2D eigenvalue weighted by Gasteiger charge is 2.25. The van der Waals surface area contributed by atoms with Gasteiger partial charge in [0, 0.05) is 57.1 Å². The van der Waals surface area contributed by atoms with Crippen LogP contribution >= 0.6 is 0 Å². The molecular weight excluding hydrogens is 532 g/mol. The van der Waals surface area contributed by atoms with E-state index in [9.17, 15) is 4.79 Å². The number of rotatable bonds is 7. The summed E-state index contributed by atoms with van der Waals surface area (Å²) in [6, 6.07) is 14.2. The van der Waals surface area contributed by atoms with Gasteiger partial charge in [0.2, 0.25) is 18.6 Å². The molecule has 4 heterocycles. The largest absolute Gasteiger partial charge is 0.454 e. The number of fused-ring (bicyclic) bond motifs is 2. The van der Waals surface area contributed by atoms with Crippen LogP contribution in [0.4, 0.5) is 23.1 Å². The lowest BCUT2D eigenvalue weighted by Gasteiger charge is -2.35. The van der Waals surface area contributed by atoms with E-state index in [-0.39, 0.29) is 5.91 Å². The third kappa shape index (κ3) is 5.56. The van der Waals surface area contributed by atoms with E-state index in [2.05, 4.69) is 37.1 Å². The van der Waals surface area contributed by atoms with Crippen LogP contribution in [0.3, 0.4) is 0 Å². The Labute approximate surface area is 244 Å². The van der Waals surface area contributed by atoms with Crippen molar-refractivity contribution >= 4 is 40.2 Å². The molecule has 2 aromatic heterocycles. The molecule has 2 aliphatic heterocycles. The van der Waals surface area contributed by atoms with Gasteiger partial charge in [-0.15, -0.1) is 0 Å². The molecule has 1 saturated heterocycles. The lowest BCUT2D eigenvalue weighted by Crippen LogP contribution is -2.46. The van der Waals surface area contributed by atoms with E-state index < -0.39 is 0 Å². The van der Waals surface area contributed by atoms with Crippen molar-refractivity contribution in [2.24, 2.45) is 0 Å². The molecule has 3 aliphatic rings. The Bertz CT molecular complexity index is 1570. The molecule has 0 spiro atoms. The van der Waals surface area contributed by atoms with Gasteiger partial charge in [-0.3, -0.25) is 9.69 Å². The smallest absolute Gasteiger partial charge is 0.231 e. The molecule has 1 aliphatic carbocycles. The Hall–Kier alpha value is -4.38. The van der Waals surface area contributed by atoms with Crippen LogP contribution in [0.1, 0.15) is 50.6 Å². The van der Waals surface area contributed by atoms with Crippen molar-refractivity contribution < 1.29 is 14.3 Å². The number of carbonyl (C=O) groups is 1. The number of amides is 1. The van der Waals surface area contributed by atoms with Crippen LogP contribution in [0, 0.1) is 0 Å². The number of hydrogen-bond donors (Lipinski definition) is 2. The second kappa shape index (κ2) is 11.5. The zero-order chi connectivity index (χ0) is 28.5. The summed E-state index contributed by atoms with van der Waals surface area (Å²) in [5, 5.41) is 6.30. The zero-order valence-corrected chi connectivity index (χ0v) is 23.9. The van der Waals surface area contributed by atoms with Crippen molar-refractivity contribution in [3.63, 3.8) is 0 Å². The standard InChI is InChI=1S/C31H36N8O3/c1-21(40)33-23-8-10-24(11-9-23)34-29-28-30(39(19-32-28)25-5-3-2-4-6-25)36-31(35-29)38-15-13-37(14-16-38)18-22-7-12-26-27(17-22)42-20-41-26/h7-12,17,19,25H,2-6,13-16,18,20H2,1H3,(H,33,40)(H,34,35,36). The molecule has 4 aromatic rings. The highest BCUT2D eigenvalue weighted by Crippen LogP contribution is 2.34. The molecule has 218 valence electrons. The van der Waals surface area contributed by atoms with Gasteiger partial charge in [0.25, 0.3) is 0 Å². The minimum atomic E-state index is -0.0953. The third-order valence-corrected chi connectivity index (χ3v) is 8.34. The monoisotopic (exact) mass is 568 g/mol. The molecule has 2 N–H and O–H groups in total. The van der Waals surface area contributed by atoms with Gasteiger partial charge in [-0.05, 0) is 54.8 Å². The number of ether oxygens (including phenoxy) is 2. The third-order valence-electron chi connectivity index (χ3n) is 8.34. The summed E-state index contributed by atoms with van der Waals surface area (Å²) in [4.78, 5) is 31.1. The van der Waals surface area contributed by atoms with Crippen LogP contribution in [-0.4, -0.2) is 63.3 Å². The summed E-state index contributed by atoms with van der Waals surface area (Å²) in [7, 11) is 0. The fourth-order valence-electron chi connectivity index (χ4n) is 6.14. The predicted octanol–water partition coefficient (Wildman–Crippen LogP) is 5.08. The second-order valence-electron chi connectivity index (χ2n) is 11.3. The summed E-state index contributed by atoms with van der Waals surface area (Å²) in [6.45, 7) is 6.14. The highest BCUT2D eigenvalue weighted by atomic mass is 16.7. The number of benzene rings is 2. The number of hydrogen-bond acceptors (Lipinski definition) is 9. The van der Waals surface area contributed by atoms with E-state index in [1.165, 1.54) is 31.7 Å². The van der Waals surface area contributed by atoms with Crippen molar-refractivity contribution in [1.29, 1.82) is 0 Å². The van der Waals surface area contributed by atoms with Crippen LogP contribution in [0.25, 0.3) is 11.2 Å². The molecule has 7 rings (SSSR count). The lowest BCUT2D eigenvalue weighted by atomic mass is 9.95. The van der Waals surface area contributed by atoms with Gasteiger partial charge in [0.1, 0.15) is 0 Å². The molecule has 1 saturated carbocycles. The van der Waals surface area contributed by atoms with E-state index in [4.69, 9.17) is 24.4 Å². The van der Waals surface area contributed by atoms with Crippen LogP contribution < -0.4 is 25.0 Å². The van der Waals surface area contributed by atoms with E-state index in [0.29, 0.717) is 18.7 Å². The molecule has 0 bridgehead atoms. The second-order valence-corrected chi connectivity index (χ2v) is 11.3. The van der Waals surface area contributed by atoms with Crippen molar-refractivity contribution in [2.45, 2.75) is 51.6 Å². The van der Waals surface area contributed by atoms with Gasteiger partial charge >= 0.3 is 0 Å². The first kappa shape index (κ1) is 26.5. The molecule has 42 heavy (non-hydrogen) atoms. The minimum Gasteiger partial charge on any atom is -0.454 e. The molecule has 2 aromatic carbocycles. The van der Waals surface area contributed by atoms with Gasteiger partial charge in [-0.1, -0.05) is 25.3 Å². The maximum absolute atomic E-state index is 11.4. The maximum atomic E-state index is 11.4. The fraction of sp³-hybridized carbons (Fsp3) is 0.419. The van der Waals surface area contributed by atoms with Crippen LogP contribution in [0.2, 0.25) is 0 Å². The summed E-state index contributed by atoms with van der Waals surface area (Å²) in [6.07, 6.45) is 8.00. The quantitative estimate of drug-likeness (QED) is 0.315. The van der Waals surface area contributed by atoms with Gasteiger partial charge in [0.15, 0.2) is 28.5 Å². The molecule has 11 nitrogen and oxygen atoms in total. The Morgan fingerprint density at radius 1 is 0.929 bits per heavy atom. The summed E-state index contributed by atoms with van der Waals surface area (Å²) < 4.78 is 13.3. The SMILES string of the molecule is CC(=O)Nc1ccc(Nc2nc(N3CCN(Cc4ccc5c(c4)OCO5)CC3)nc3c2ncn3C2CCCCC2)cc1. The molecular formula is C31H36N8O3. The van der Waals surface area contributed by atoms with Crippen LogP contribution in [0.5, 0.6) is 11.5 Å². The topological polar surface area (TPSA) is 110 Å². The van der Waals surface area contributed by atoms with Crippen molar-refractivity contribution in [3.05, 3.63) is 54.4 Å².